The Morgan fingerprint density at radius 3 is 2.90 bits per heavy atom. The van der Waals surface area contributed by atoms with E-state index in [1.54, 1.807) is 0 Å². The quantitative estimate of drug-likeness (QED) is 0.655. The molecule has 0 fully saturated rings. The minimum absolute atomic E-state index is 0.821. The van der Waals surface area contributed by atoms with Crippen molar-refractivity contribution in [1.29, 1.82) is 0 Å². The van der Waals surface area contributed by atoms with Gasteiger partial charge in [0.25, 0.3) is 0 Å². The fourth-order valence-corrected chi connectivity index (χ4v) is 0.883. The highest BCUT2D eigenvalue weighted by atomic mass is 32.1. The predicted octanol–water partition coefficient (Wildman–Crippen LogP) is 0.720. The average Bonchev–Trinajstić information content (AvgIpc) is 2.41. The molecule has 0 amide bonds. The summed E-state index contributed by atoms with van der Waals surface area (Å²) in [5, 5.41) is 13.3. The Morgan fingerprint density at radius 2 is 2.30 bits per heavy atom. The van der Waals surface area contributed by atoms with Crippen LogP contribution in [-0.2, 0) is 6.42 Å². The smallest absolute Gasteiger partial charge is 0.148 e. The fraction of sp³-hybridized carbons (Fsp3) is 0.800. The molecule has 55 valence electrons. The molecule has 5 heteroatoms. The largest absolute Gasteiger partial charge is 0.243 e. The van der Waals surface area contributed by atoms with Gasteiger partial charge >= 0.3 is 0 Å². The number of aromatic amines is 1. The first-order valence-corrected chi connectivity index (χ1v) is 3.82. The molecule has 4 nitrogen and oxygen atoms in total. The van der Waals surface area contributed by atoms with Crippen LogP contribution in [0, 0.1) is 0 Å². The van der Waals surface area contributed by atoms with Crippen LogP contribution in [0.3, 0.4) is 0 Å². The van der Waals surface area contributed by atoms with Crippen LogP contribution in [0.4, 0.5) is 0 Å². The van der Waals surface area contributed by atoms with E-state index >= 15 is 0 Å². The highest BCUT2D eigenvalue weighted by molar-refractivity contribution is 7.80. The standard InChI is InChI=1S/C5H9N4S/c10-4-2-1-3-5-6-8-9-7-5/h1-4H2,(H,6,7,8,9). The number of aromatic nitrogens is 4. The van der Waals surface area contributed by atoms with Crippen molar-refractivity contribution in [3.63, 3.8) is 0 Å². The predicted molar refractivity (Wildman–Crippen MR) is 39.6 cm³/mol. The van der Waals surface area contributed by atoms with Gasteiger partial charge in [0.2, 0.25) is 0 Å². The maximum Gasteiger partial charge on any atom is 0.148 e. The number of rotatable bonds is 4. The van der Waals surface area contributed by atoms with Crippen LogP contribution in [0.5, 0.6) is 0 Å². The van der Waals surface area contributed by atoms with Crippen molar-refractivity contribution in [1.82, 2.24) is 20.6 Å². The second kappa shape index (κ2) is 4.27. The molecule has 1 heterocycles. The zero-order valence-corrected chi connectivity index (χ0v) is 6.39. The van der Waals surface area contributed by atoms with Crippen LogP contribution < -0.4 is 0 Å². The van der Waals surface area contributed by atoms with Gasteiger partial charge in [-0.25, -0.2) is 5.10 Å². The Labute approximate surface area is 64.8 Å². The molecule has 0 saturated heterocycles. The lowest BCUT2D eigenvalue weighted by Gasteiger charge is -1.90. The van der Waals surface area contributed by atoms with Crippen LogP contribution in [0.25, 0.3) is 0 Å². The summed E-state index contributed by atoms with van der Waals surface area (Å²) in [7, 11) is 0. The molecular weight excluding hydrogens is 148 g/mol. The van der Waals surface area contributed by atoms with E-state index < -0.39 is 0 Å². The van der Waals surface area contributed by atoms with E-state index in [2.05, 4.69) is 20.6 Å². The van der Waals surface area contributed by atoms with E-state index in [-0.39, 0.29) is 0 Å². The highest BCUT2D eigenvalue weighted by Gasteiger charge is 1.94. The number of H-pyrrole nitrogens is 1. The van der Waals surface area contributed by atoms with Crippen molar-refractivity contribution in [3.8, 4) is 0 Å². The minimum atomic E-state index is 0.821. The van der Waals surface area contributed by atoms with Crippen LogP contribution in [-0.4, -0.2) is 26.4 Å². The summed E-state index contributed by atoms with van der Waals surface area (Å²) in [5.41, 5.74) is 0. The third kappa shape index (κ3) is 2.34. The summed E-state index contributed by atoms with van der Waals surface area (Å²) in [4.78, 5) is 0. The molecule has 1 radical (unpaired) electrons. The molecule has 0 bridgehead atoms. The minimum Gasteiger partial charge on any atom is -0.243 e. The molecule has 1 rings (SSSR count). The van der Waals surface area contributed by atoms with Crippen LogP contribution >= 0.6 is 12.6 Å². The summed E-state index contributed by atoms with van der Waals surface area (Å²) >= 11 is 4.78. The molecule has 0 atom stereocenters. The normalized spacial score (nSPS) is 10.1. The zero-order chi connectivity index (χ0) is 7.23. The molecule has 0 aliphatic carbocycles. The number of hydrogen-bond acceptors (Lipinski definition) is 3. The summed E-state index contributed by atoms with van der Waals surface area (Å²) < 4.78 is 0. The van der Waals surface area contributed by atoms with E-state index in [0.29, 0.717) is 0 Å². The van der Waals surface area contributed by atoms with Gasteiger partial charge in [0.05, 0.1) is 0 Å². The van der Waals surface area contributed by atoms with E-state index in [9.17, 15) is 0 Å². The molecule has 0 aromatic carbocycles. The van der Waals surface area contributed by atoms with Gasteiger partial charge in [0, 0.05) is 12.2 Å². The average molecular weight is 157 g/mol. The Morgan fingerprint density at radius 1 is 1.40 bits per heavy atom. The second-order valence-electron chi connectivity index (χ2n) is 2.01. The first-order valence-electron chi connectivity index (χ1n) is 3.24. The second-order valence-corrected chi connectivity index (χ2v) is 2.42. The van der Waals surface area contributed by atoms with Gasteiger partial charge in [-0.05, 0) is 23.3 Å². The number of hydrogen-bond donors (Lipinski definition) is 1. The molecule has 0 aliphatic heterocycles. The first-order chi connectivity index (χ1) is 4.93. The van der Waals surface area contributed by atoms with Gasteiger partial charge < -0.3 is 0 Å². The summed E-state index contributed by atoms with van der Waals surface area (Å²) in [6.07, 6.45) is 3.04. The van der Waals surface area contributed by atoms with Crippen molar-refractivity contribution in [2.45, 2.75) is 19.3 Å². The molecule has 0 unspecified atom stereocenters. The topological polar surface area (TPSA) is 54.5 Å². The van der Waals surface area contributed by atoms with Crippen molar-refractivity contribution in [2.75, 3.05) is 5.75 Å². The fourth-order valence-electron chi connectivity index (χ4n) is 0.679. The summed E-state index contributed by atoms with van der Waals surface area (Å²) in [6, 6.07) is 0. The van der Waals surface area contributed by atoms with Gasteiger partial charge in [0.15, 0.2) is 0 Å². The van der Waals surface area contributed by atoms with Crippen LogP contribution in [0.1, 0.15) is 18.7 Å². The zero-order valence-electron chi connectivity index (χ0n) is 5.58. The SMILES string of the molecule is [S]CCCCc1nnn[nH]1. The molecule has 1 aromatic rings. The molecule has 1 N–H and O–H groups in total. The van der Waals surface area contributed by atoms with Crippen molar-refractivity contribution in [3.05, 3.63) is 5.82 Å². The number of nitrogens with one attached hydrogen (secondary N) is 1. The molecule has 0 saturated carbocycles. The Balaban J connectivity index is 2.15. The Hall–Kier alpha value is -0.580. The summed E-state index contributed by atoms with van der Waals surface area (Å²) in [6.45, 7) is 0. The van der Waals surface area contributed by atoms with Crippen LogP contribution in [0.2, 0.25) is 0 Å². The maximum atomic E-state index is 4.78. The Bertz CT molecular complexity index is 162. The van der Waals surface area contributed by atoms with Crippen molar-refractivity contribution in [2.24, 2.45) is 0 Å². The lowest BCUT2D eigenvalue weighted by atomic mass is 10.2. The van der Waals surface area contributed by atoms with Gasteiger partial charge in [-0.3, -0.25) is 0 Å². The third-order valence-electron chi connectivity index (χ3n) is 1.20. The maximum absolute atomic E-state index is 4.78. The van der Waals surface area contributed by atoms with Gasteiger partial charge in [-0.2, -0.15) is 0 Å². The monoisotopic (exact) mass is 157 g/mol. The lowest BCUT2D eigenvalue weighted by Crippen LogP contribution is -1.88. The van der Waals surface area contributed by atoms with Gasteiger partial charge in [-0.1, -0.05) is 12.6 Å². The lowest BCUT2D eigenvalue weighted by molar-refractivity contribution is 0.761. The number of aryl methyl sites for hydroxylation is 1. The molecule has 1 aromatic heterocycles. The van der Waals surface area contributed by atoms with E-state index in [1.165, 1.54) is 0 Å². The summed E-state index contributed by atoms with van der Waals surface area (Å²) in [5.74, 6) is 1.67. The van der Waals surface area contributed by atoms with Gasteiger partial charge in [-0.15, -0.1) is 5.10 Å². The number of nitrogens with zero attached hydrogens (tertiary/aromatic N) is 3. The van der Waals surface area contributed by atoms with Crippen molar-refractivity contribution < 1.29 is 0 Å². The molecule has 0 aliphatic rings. The van der Waals surface area contributed by atoms with Crippen LogP contribution in [0.15, 0.2) is 0 Å². The molecule has 0 spiro atoms. The van der Waals surface area contributed by atoms with E-state index in [1.807, 2.05) is 0 Å². The van der Waals surface area contributed by atoms with E-state index in [4.69, 9.17) is 12.6 Å². The molecular formula is C5H9N4S. The third-order valence-corrected chi connectivity index (χ3v) is 1.49. The first kappa shape index (κ1) is 7.53. The highest BCUT2D eigenvalue weighted by Crippen LogP contribution is 1.97. The number of tetrazole rings is 1. The van der Waals surface area contributed by atoms with E-state index in [0.717, 1.165) is 30.8 Å². The van der Waals surface area contributed by atoms with Gasteiger partial charge in [0.1, 0.15) is 5.82 Å². The Kier molecular flexibility index (Phi) is 3.21. The number of unbranched alkanes of at least 4 members (excludes halogenated alkanes) is 1. The van der Waals surface area contributed by atoms with Crippen molar-refractivity contribution >= 4 is 12.6 Å². The molecule has 10 heavy (non-hydrogen) atoms.